The van der Waals surface area contributed by atoms with Gasteiger partial charge in [0.15, 0.2) is 5.78 Å². The van der Waals surface area contributed by atoms with E-state index in [2.05, 4.69) is 5.32 Å². The summed E-state index contributed by atoms with van der Waals surface area (Å²) < 4.78 is 0. The maximum Gasteiger partial charge on any atom is 0.326 e. The van der Waals surface area contributed by atoms with Crippen LogP contribution in [0.5, 0.6) is 0 Å². The molecule has 0 radical (unpaired) electrons. The molecule has 0 unspecified atom stereocenters. The molecule has 0 saturated carbocycles. The van der Waals surface area contributed by atoms with Crippen LogP contribution >= 0.6 is 0 Å². The van der Waals surface area contributed by atoms with Crippen molar-refractivity contribution in [3.05, 3.63) is 11.8 Å². The molecule has 3 N–H and O–H groups in total. The number of hydrogen-bond donors (Lipinski definition) is 3. The summed E-state index contributed by atoms with van der Waals surface area (Å²) in [5.41, 5.74) is 0.330. The van der Waals surface area contributed by atoms with Crippen molar-refractivity contribution in [2.24, 2.45) is 0 Å². The van der Waals surface area contributed by atoms with Gasteiger partial charge < -0.3 is 15.5 Å². The van der Waals surface area contributed by atoms with E-state index in [1.165, 1.54) is 19.9 Å². The molecular formula is C9H13NO5. The smallest absolute Gasteiger partial charge is 0.326 e. The lowest BCUT2D eigenvalue weighted by molar-refractivity contribution is -0.145. The molecule has 0 spiro atoms. The van der Waals surface area contributed by atoms with Crippen LogP contribution in [0, 0.1) is 0 Å². The maximum atomic E-state index is 10.6. The molecular weight excluding hydrogens is 202 g/mol. The van der Waals surface area contributed by atoms with E-state index in [9.17, 15) is 14.4 Å². The van der Waals surface area contributed by atoms with Gasteiger partial charge in [-0.1, -0.05) is 0 Å². The molecule has 15 heavy (non-hydrogen) atoms. The number of allylic oxidation sites excluding steroid dienone is 2. The summed E-state index contributed by atoms with van der Waals surface area (Å²) in [4.78, 5) is 31.6. The Bertz CT molecular complexity index is 308. The molecule has 0 fully saturated rings. The maximum absolute atomic E-state index is 10.6. The van der Waals surface area contributed by atoms with E-state index in [1.807, 2.05) is 0 Å². The average Bonchev–Trinajstić information content (AvgIpc) is 1.99. The summed E-state index contributed by atoms with van der Waals surface area (Å²) >= 11 is 0. The predicted molar refractivity (Wildman–Crippen MR) is 51.3 cm³/mol. The van der Waals surface area contributed by atoms with Gasteiger partial charge in [-0.05, 0) is 19.9 Å². The highest BCUT2D eigenvalue weighted by Gasteiger charge is 2.20. The van der Waals surface area contributed by atoms with Crippen LogP contribution in [0.1, 0.15) is 20.3 Å². The highest BCUT2D eigenvalue weighted by Crippen LogP contribution is 1.97. The number of carbonyl (C=O) groups excluding carboxylic acids is 1. The van der Waals surface area contributed by atoms with Crippen LogP contribution in [0.3, 0.4) is 0 Å². The summed E-state index contributed by atoms with van der Waals surface area (Å²) in [5, 5.41) is 19.5. The first kappa shape index (κ1) is 13.2. The predicted octanol–water partition coefficient (Wildman–Crippen LogP) is -0.00330. The van der Waals surface area contributed by atoms with E-state index in [0.29, 0.717) is 5.70 Å². The molecule has 0 bridgehead atoms. The van der Waals surface area contributed by atoms with Crippen LogP contribution < -0.4 is 5.32 Å². The van der Waals surface area contributed by atoms with Crippen molar-refractivity contribution in [2.45, 2.75) is 26.3 Å². The largest absolute Gasteiger partial charge is 0.481 e. The second-order valence-electron chi connectivity index (χ2n) is 3.07. The number of nitrogens with one attached hydrogen (secondary N) is 1. The molecule has 0 aliphatic heterocycles. The number of carbonyl (C=O) groups is 3. The molecule has 84 valence electrons. The first-order valence-electron chi connectivity index (χ1n) is 4.23. The Hall–Kier alpha value is -1.85. The van der Waals surface area contributed by atoms with E-state index in [1.54, 1.807) is 0 Å². The highest BCUT2D eigenvalue weighted by atomic mass is 16.4. The summed E-state index contributed by atoms with van der Waals surface area (Å²) in [7, 11) is 0. The fraction of sp³-hybridized carbons (Fsp3) is 0.444. The zero-order chi connectivity index (χ0) is 12.0. The standard InChI is InChI=1S/C9H13NO5/c1-5(3-6(2)11)10-7(9(14)15)4-8(12)13/h3,7,10H,4H2,1-2H3,(H,12,13)(H,14,15)/b5-3+/t7-/m0/s1. The molecule has 0 amide bonds. The molecule has 0 aromatic rings. The molecule has 0 aromatic heterocycles. The molecule has 1 atom stereocenters. The third kappa shape index (κ3) is 6.25. The van der Waals surface area contributed by atoms with Crippen LogP contribution in [-0.2, 0) is 14.4 Å². The van der Waals surface area contributed by atoms with E-state index in [0.717, 1.165) is 0 Å². The summed E-state index contributed by atoms with van der Waals surface area (Å²) in [6.45, 7) is 2.82. The lowest BCUT2D eigenvalue weighted by Gasteiger charge is -2.13. The lowest BCUT2D eigenvalue weighted by Crippen LogP contribution is -2.37. The molecule has 0 heterocycles. The number of aliphatic carboxylic acids is 2. The lowest BCUT2D eigenvalue weighted by atomic mass is 10.2. The number of carboxylic acid groups (broad SMARTS) is 2. The number of rotatable bonds is 6. The minimum Gasteiger partial charge on any atom is -0.481 e. The van der Waals surface area contributed by atoms with Crippen molar-refractivity contribution in [2.75, 3.05) is 0 Å². The van der Waals surface area contributed by atoms with Gasteiger partial charge in [0.25, 0.3) is 0 Å². The number of hydrogen-bond acceptors (Lipinski definition) is 4. The fourth-order valence-corrected chi connectivity index (χ4v) is 0.996. The highest BCUT2D eigenvalue weighted by molar-refractivity contribution is 5.88. The minimum absolute atomic E-state index is 0.237. The minimum atomic E-state index is -1.27. The zero-order valence-electron chi connectivity index (χ0n) is 8.48. The molecule has 0 aromatic carbocycles. The average molecular weight is 215 g/mol. The van der Waals surface area contributed by atoms with Gasteiger partial charge in [-0.15, -0.1) is 0 Å². The van der Waals surface area contributed by atoms with Crippen molar-refractivity contribution in [3.8, 4) is 0 Å². The fourth-order valence-electron chi connectivity index (χ4n) is 0.996. The molecule has 6 nitrogen and oxygen atoms in total. The quantitative estimate of drug-likeness (QED) is 0.538. The van der Waals surface area contributed by atoms with Crippen molar-refractivity contribution in [1.82, 2.24) is 5.32 Å². The first-order valence-corrected chi connectivity index (χ1v) is 4.23. The van der Waals surface area contributed by atoms with Gasteiger partial charge in [-0.3, -0.25) is 9.59 Å². The van der Waals surface area contributed by atoms with E-state index in [4.69, 9.17) is 10.2 Å². The number of ketones is 1. The number of carboxylic acids is 2. The van der Waals surface area contributed by atoms with Gasteiger partial charge in [0.2, 0.25) is 0 Å². The molecule has 0 aliphatic carbocycles. The van der Waals surface area contributed by atoms with Crippen molar-refractivity contribution in [3.63, 3.8) is 0 Å². The second-order valence-corrected chi connectivity index (χ2v) is 3.07. The Morgan fingerprint density at radius 2 is 1.80 bits per heavy atom. The Morgan fingerprint density at radius 1 is 1.27 bits per heavy atom. The van der Waals surface area contributed by atoms with Crippen LogP contribution in [0.25, 0.3) is 0 Å². The normalized spacial score (nSPS) is 13.1. The van der Waals surface area contributed by atoms with E-state index < -0.39 is 24.4 Å². The molecule has 6 heteroatoms. The van der Waals surface area contributed by atoms with E-state index >= 15 is 0 Å². The Morgan fingerprint density at radius 3 is 2.13 bits per heavy atom. The van der Waals surface area contributed by atoms with Gasteiger partial charge in [0, 0.05) is 5.70 Å². The summed E-state index contributed by atoms with van der Waals surface area (Å²) in [5.74, 6) is -2.72. The van der Waals surface area contributed by atoms with E-state index in [-0.39, 0.29) is 5.78 Å². The Balaban J connectivity index is 4.48. The van der Waals surface area contributed by atoms with Crippen molar-refractivity contribution in [1.29, 1.82) is 0 Å². The molecule has 0 saturated heterocycles. The molecule has 0 aliphatic rings. The van der Waals surface area contributed by atoms with Gasteiger partial charge in [0.05, 0.1) is 6.42 Å². The van der Waals surface area contributed by atoms with Crippen LogP contribution in [-0.4, -0.2) is 34.0 Å². The zero-order valence-corrected chi connectivity index (χ0v) is 8.48. The SMILES string of the molecule is CC(=O)/C=C(\C)N[C@@H](CC(=O)O)C(=O)O. The summed E-state index contributed by atoms with van der Waals surface area (Å²) in [6.07, 6.45) is 0.663. The van der Waals surface area contributed by atoms with Crippen LogP contribution in [0.2, 0.25) is 0 Å². The van der Waals surface area contributed by atoms with Gasteiger partial charge >= 0.3 is 11.9 Å². The third-order valence-corrected chi connectivity index (χ3v) is 1.50. The second kappa shape index (κ2) is 5.79. The van der Waals surface area contributed by atoms with Crippen LogP contribution in [0.15, 0.2) is 11.8 Å². The molecule has 0 rings (SSSR count). The van der Waals surface area contributed by atoms with Gasteiger partial charge in [-0.2, -0.15) is 0 Å². The van der Waals surface area contributed by atoms with Gasteiger partial charge in [0.1, 0.15) is 6.04 Å². The monoisotopic (exact) mass is 215 g/mol. The third-order valence-electron chi connectivity index (χ3n) is 1.50. The Labute approximate surface area is 86.6 Å². The van der Waals surface area contributed by atoms with Crippen molar-refractivity contribution < 1.29 is 24.6 Å². The Kier molecular flexibility index (Phi) is 5.08. The topological polar surface area (TPSA) is 104 Å². The van der Waals surface area contributed by atoms with Crippen molar-refractivity contribution >= 4 is 17.7 Å². The first-order chi connectivity index (χ1) is 6.82. The van der Waals surface area contributed by atoms with Gasteiger partial charge in [-0.25, -0.2) is 4.79 Å². The summed E-state index contributed by atoms with van der Waals surface area (Å²) in [6, 6.07) is -1.22. The van der Waals surface area contributed by atoms with Crippen LogP contribution in [0.4, 0.5) is 0 Å².